The number of ether oxygens (including phenoxy) is 2. The Morgan fingerprint density at radius 2 is 2.00 bits per heavy atom. The summed E-state index contributed by atoms with van der Waals surface area (Å²) in [5.41, 5.74) is 1.11. The monoisotopic (exact) mass is 264 g/mol. The molecule has 19 heavy (non-hydrogen) atoms. The Kier molecular flexibility index (Phi) is 3.62. The molecule has 1 fully saturated rings. The molecule has 1 aromatic rings. The molecular formula is C15H20O4. The van der Waals surface area contributed by atoms with Crippen LogP contribution in [0.15, 0.2) is 18.2 Å². The number of aliphatic hydroxyl groups is 2. The van der Waals surface area contributed by atoms with Gasteiger partial charge in [0.25, 0.3) is 0 Å². The number of fused-ring (bicyclic) bond motifs is 1. The van der Waals surface area contributed by atoms with Crippen LogP contribution in [-0.4, -0.2) is 29.7 Å². The van der Waals surface area contributed by atoms with Crippen LogP contribution >= 0.6 is 0 Å². The SMILES string of the molecule is OCCC1CCC[C@@H](c2ccc3c(c2)OCO3)C1O. The molecule has 1 heterocycles. The Bertz CT molecular complexity index is 444. The molecule has 104 valence electrons. The number of benzene rings is 1. The third-order valence-electron chi connectivity index (χ3n) is 4.31. The van der Waals surface area contributed by atoms with Crippen molar-refractivity contribution >= 4 is 0 Å². The van der Waals surface area contributed by atoms with Gasteiger partial charge in [0.1, 0.15) is 0 Å². The van der Waals surface area contributed by atoms with Crippen LogP contribution < -0.4 is 9.47 Å². The molecule has 4 nitrogen and oxygen atoms in total. The van der Waals surface area contributed by atoms with Gasteiger partial charge in [0, 0.05) is 12.5 Å². The maximum Gasteiger partial charge on any atom is 0.231 e. The summed E-state index contributed by atoms with van der Waals surface area (Å²) in [7, 11) is 0. The van der Waals surface area contributed by atoms with E-state index in [1.165, 1.54) is 0 Å². The smallest absolute Gasteiger partial charge is 0.231 e. The van der Waals surface area contributed by atoms with Crippen molar-refractivity contribution in [3.05, 3.63) is 23.8 Å². The highest BCUT2D eigenvalue weighted by molar-refractivity contribution is 5.45. The molecule has 2 N–H and O–H groups in total. The van der Waals surface area contributed by atoms with Gasteiger partial charge in [-0.05, 0) is 42.9 Å². The van der Waals surface area contributed by atoms with Crippen LogP contribution in [0.4, 0.5) is 0 Å². The normalized spacial score (nSPS) is 29.5. The fourth-order valence-corrected chi connectivity index (χ4v) is 3.26. The molecule has 0 bridgehead atoms. The first-order chi connectivity index (χ1) is 9.29. The van der Waals surface area contributed by atoms with Crippen LogP contribution in [-0.2, 0) is 0 Å². The third kappa shape index (κ3) is 2.42. The minimum absolute atomic E-state index is 0.139. The molecule has 2 aliphatic rings. The van der Waals surface area contributed by atoms with Crippen LogP contribution in [0, 0.1) is 5.92 Å². The zero-order chi connectivity index (χ0) is 13.2. The van der Waals surface area contributed by atoms with Gasteiger partial charge >= 0.3 is 0 Å². The highest BCUT2D eigenvalue weighted by Crippen LogP contribution is 2.41. The maximum absolute atomic E-state index is 10.5. The topological polar surface area (TPSA) is 58.9 Å². The Morgan fingerprint density at radius 1 is 1.16 bits per heavy atom. The standard InChI is InChI=1S/C15H20O4/c16-7-6-10-2-1-3-12(15(10)17)11-4-5-13-14(8-11)19-9-18-13/h4-5,8,10,12,15-17H,1-3,6-7,9H2/t10?,12-,15?/m0/s1. The number of aliphatic hydroxyl groups excluding tert-OH is 2. The van der Waals surface area contributed by atoms with Crippen molar-refractivity contribution in [1.82, 2.24) is 0 Å². The van der Waals surface area contributed by atoms with Gasteiger partial charge in [-0.15, -0.1) is 0 Å². The molecule has 3 atom stereocenters. The zero-order valence-corrected chi connectivity index (χ0v) is 10.9. The van der Waals surface area contributed by atoms with Gasteiger partial charge in [-0.3, -0.25) is 0 Å². The molecule has 4 heteroatoms. The van der Waals surface area contributed by atoms with Crippen molar-refractivity contribution in [2.75, 3.05) is 13.4 Å². The van der Waals surface area contributed by atoms with Crippen LogP contribution in [0.1, 0.15) is 37.2 Å². The highest BCUT2D eigenvalue weighted by atomic mass is 16.7. The molecule has 1 aliphatic heterocycles. The molecule has 1 aromatic carbocycles. The molecule has 0 spiro atoms. The van der Waals surface area contributed by atoms with E-state index in [0.717, 1.165) is 36.3 Å². The summed E-state index contributed by atoms with van der Waals surface area (Å²) in [6, 6.07) is 5.92. The number of hydrogen-bond donors (Lipinski definition) is 2. The predicted octanol–water partition coefficient (Wildman–Crippen LogP) is 2.04. The average molecular weight is 264 g/mol. The summed E-state index contributed by atoms with van der Waals surface area (Å²) < 4.78 is 10.7. The lowest BCUT2D eigenvalue weighted by Crippen LogP contribution is -2.32. The predicted molar refractivity (Wildman–Crippen MR) is 70.4 cm³/mol. The molecule has 0 amide bonds. The van der Waals surface area contributed by atoms with Gasteiger partial charge in [-0.1, -0.05) is 12.5 Å². The van der Waals surface area contributed by atoms with Gasteiger partial charge in [0.15, 0.2) is 11.5 Å². The Hall–Kier alpha value is -1.26. The number of rotatable bonds is 3. The third-order valence-corrected chi connectivity index (χ3v) is 4.31. The summed E-state index contributed by atoms with van der Waals surface area (Å²) >= 11 is 0. The van der Waals surface area contributed by atoms with E-state index in [2.05, 4.69) is 0 Å². The van der Waals surface area contributed by atoms with Crippen molar-refractivity contribution in [3.63, 3.8) is 0 Å². The fourth-order valence-electron chi connectivity index (χ4n) is 3.26. The van der Waals surface area contributed by atoms with E-state index in [1.807, 2.05) is 18.2 Å². The molecule has 0 saturated heterocycles. The lowest BCUT2D eigenvalue weighted by Gasteiger charge is -2.35. The van der Waals surface area contributed by atoms with Crippen molar-refractivity contribution in [2.45, 2.75) is 37.7 Å². The van der Waals surface area contributed by atoms with Crippen LogP contribution in [0.25, 0.3) is 0 Å². The van der Waals surface area contributed by atoms with E-state index in [-0.39, 0.29) is 31.3 Å². The van der Waals surface area contributed by atoms with Gasteiger partial charge in [-0.25, -0.2) is 0 Å². The van der Waals surface area contributed by atoms with Crippen LogP contribution in [0.3, 0.4) is 0 Å². The molecule has 1 aliphatic carbocycles. The van der Waals surface area contributed by atoms with Crippen LogP contribution in [0.2, 0.25) is 0 Å². The van der Waals surface area contributed by atoms with E-state index >= 15 is 0 Å². The Morgan fingerprint density at radius 3 is 2.84 bits per heavy atom. The Balaban J connectivity index is 1.80. The fraction of sp³-hybridized carbons (Fsp3) is 0.600. The van der Waals surface area contributed by atoms with Crippen molar-refractivity contribution in [2.24, 2.45) is 5.92 Å². The second kappa shape index (κ2) is 5.39. The van der Waals surface area contributed by atoms with E-state index in [0.29, 0.717) is 6.42 Å². The molecule has 0 radical (unpaired) electrons. The number of hydrogen-bond acceptors (Lipinski definition) is 4. The largest absolute Gasteiger partial charge is 0.454 e. The summed E-state index contributed by atoms with van der Waals surface area (Å²) in [5, 5.41) is 19.6. The second-order valence-corrected chi connectivity index (χ2v) is 5.41. The molecule has 1 saturated carbocycles. The van der Waals surface area contributed by atoms with E-state index in [1.54, 1.807) is 0 Å². The molecular weight excluding hydrogens is 244 g/mol. The van der Waals surface area contributed by atoms with Crippen LogP contribution in [0.5, 0.6) is 11.5 Å². The first kappa shape index (κ1) is 12.8. The van der Waals surface area contributed by atoms with Crippen molar-refractivity contribution in [3.8, 4) is 11.5 Å². The summed E-state index contributed by atoms with van der Waals surface area (Å²) in [4.78, 5) is 0. The average Bonchev–Trinajstić information content (AvgIpc) is 2.88. The Labute approximate surface area is 113 Å². The molecule has 2 unspecified atom stereocenters. The lowest BCUT2D eigenvalue weighted by atomic mass is 9.74. The van der Waals surface area contributed by atoms with Crippen molar-refractivity contribution < 1.29 is 19.7 Å². The molecule has 0 aromatic heterocycles. The summed E-state index contributed by atoms with van der Waals surface area (Å²) in [5.74, 6) is 1.89. The van der Waals surface area contributed by atoms with Gasteiger partial charge in [0.2, 0.25) is 6.79 Å². The van der Waals surface area contributed by atoms with E-state index in [9.17, 15) is 5.11 Å². The first-order valence-corrected chi connectivity index (χ1v) is 6.98. The van der Waals surface area contributed by atoms with E-state index in [4.69, 9.17) is 14.6 Å². The summed E-state index contributed by atoms with van der Waals surface area (Å²) in [6.45, 7) is 0.425. The van der Waals surface area contributed by atoms with E-state index < -0.39 is 0 Å². The summed E-state index contributed by atoms with van der Waals surface area (Å²) in [6.07, 6.45) is 3.40. The zero-order valence-electron chi connectivity index (χ0n) is 10.9. The van der Waals surface area contributed by atoms with Gasteiger partial charge in [0.05, 0.1) is 6.10 Å². The van der Waals surface area contributed by atoms with Gasteiger partial charge in [-0.2, -0.15) is 0 Å². The molecule has 3 rings (SSSR count). The second-order valence-electron chi connectivity index (χ2n) is 5.41. The quantitative estimate of drug-likeness (QED) is 0.877. The lowest BCUT2D eigenvalue weighted by molar-refractivity contribution is 0.0361. The van der Waals surface area contributed by atoms with Gasteiger partial charge < -0.3 is 19.7 Å². The minimum atomic E-state index is -0.374. The highest BCUT2D eigenvalue weighted by Gasteiger charge is 2.33. The first-order valence-electron chi connectivity index (χ1n) is 6.98. The maximum atomic E-state index is 10.5. The van der Waals surface area contributed by atoms with Crippen molar-refractivity contribution in [1.29, 1.82) is 0 Å². The minimum Gasteiger partial charge on any atom is -0.454 e.